The smallest absolute Gasteiger partial charge is 0.349 e. The molecule has 0 aromatic carbocycles. The van der Waals surface area contributed by atoms with Crippen LogP contribution in [0.15, 0.2) is 22.5 Å². The van der Waals surface area contributed by atoms with Crippen molar-refractivity contribution in [3.8, 4) is 5.75 Å². The highest BCUT2D eigenvalue weighted by Crippen LogP contribution is 2.25. The van der Waals surface area contributed by atoms with Crippen molar-refractivity contribution in [1.29, 1.82) is 0 Å². The summed E-state index contributed by atoms with van der Waals surface area (Å²) in [5.41, 5.74) is 0. The van der Waals surface area contributed by atoms with E-state index in [-0.39, 0.29) is 11.5 Å². The minimum atomic E-state index is -0.967. The summed E-state index contributed by atoms with van der Waals surface area (Å²) in [7, 11) is 0. The Kier molecular flexibility index (Phi) is 3.50. The van der Waals surface area contributed by atoms with Crippen molar-refractivity contribution in [1.82, 2.24) is 0 Å². The van der Waals surface area contributed by atoms with Crippen molar-refractivity contribution in [2.75, 3.05) is 6.61 Å². The van der Waals surface area contributed by atoms with Gasteiger partial charge in [0.2, 0.25) is 0 Å². The first kappa shape index (κ1) is 10.3. The van der Waals surface area contributed by atoms with Crippen LogP contribution in [0.4, 0.5) is 0 Å². The van der Waals surface area contributed by atoms with Crippen LogP contribution in [0.2, 0.25) is 0 Å². The Hall–Kier alpha value is -0.810. The maximum absolute atomic E-state index is 10.6. The van der Waals surface area contributed by atoms with Gasteiger partial charge in [-0.25, -0.2) is 4.79 Å². The number of carboxylic acids is 1. The highest BCUT2D eigenvalue weighted by Gasteiger charge is 2.12. The third kappa shape index (κ3) is 2.86. The number of thiophene rings is 1. The van der Waals surface area contributed by atoms with Gasteiger partial charge in [-0.05, 0) is 11.4 Å². The molecule has 0 radical (unpaired) electrons. The predicted octanol–water partition coefficient (Wildman–Crippen LogP) is 2.73. The number of ether oxygens (including phenoxy) is 1. The summed E-state index contributed by atoms with van der Waals surface area (Å²) in [4.78, 5) is 10.8. The van der Waals surface area contributed by atoms with E-state index < -0.39 is 5.97 Å². The Morgan fingerprint density at radius 1 is 1.77 bits per heavy atom. The Labute approximate surface area is 87.8 Å². The highest BCUT2D eigenvalue weighted by molar-refractivity contribution is 9.11. The maximum Gasteiger partial charge on any atom is 0.349 e. The first-order valence-corrected chi connectivity index (χ1v) is 5.05. The van der Waals surface area contributed by atoms with Gasteiger partial charge in [0.1, 0.15) is 12.4 Å². The van der Waals surface area contributed by atoms with Gasteiger partial charge < -0.3 is 9.84 Å². The monoisotopic (exact) mass is 262 g/mol. The van der Waals surface area contributed by atoms with Gasteiger partial charge in [0.15, 0.2) is 4.88 Å². The molecule has 0 atom stereocenters. The number of carbonyl (C=O) groups is 1. The third-order valence-corrected chi connectivity index (χ3v) is 2.32. The molecule has 13 heavy (non-hydrogen) atoms. The largest absolute Gasteiger partial charge is 0.487 e. The second-order valence-electron chi connectivity index (χ2n) is 2.23. The van der Waals surface area contributed by atoms with Gasteiger partial charge in [-0.3, -0.25) is 0 Å². The van der Waals surface area contributed by atoms with Crippen molar-refractivity contribution in [3.63, 3.8) is 0 Å². The van der Waals surface area contributed by atoms with Gasteiger partial charge >= 0.3 is 5.97 Å². The van der Waals surface area contributed by atoms with Crippen LogP contribution in [-0.4, -0.2) is 17.7 Å². The van der Waals surface area contributed by atoms with Crippen molar-refractivity contribution in [2.45, 2.75) is 0 Å². The van der Waals surface area contributed by atoms with Gasteiger partial charge in [-0.2, -0.15) is 0 Å². The van der Waals surface area contributed by atoms with Gasteiger partial charge in [-0.1, -0.05) is 22.5 Å². The minimum Gasteiger partial charge on any atom is -0.487 e. The summed E-state index contributed by atoms with van der Waals surface area (Å²) >= 11 is 4.26. The zero-order valence-corrected chi connectivity index (χ0v) is 9.02. The molecule has 3 nitrogen and oxygen atoms in total. The summed E-state index contributed by atoms with van der Waals surface area (Å²) in [6.45, 7) is 3.85. The van der Waals surface area contributed by atoms with Crippen molar-refractivity contribution < 1.29 is 14.6 Å². The lowest BCUT2D eigenvalue weighted by Gasteiger charge is -2.02. The molecule has 1 rings (SSSR count). The van der Waals surface area contributed by atoms with E-state index in [9.17, 15) is 4.79 Å². The molecule has 0 saturated carbocycles. The zero-order chi connectivity index (χ0) is 9.84. The molecular formula is C8H7BrO3S. The fourth-order valence-corrected chi connectivity index (χ4v) is 1.51. The average Bonchev–Trinajstić information content (AvgIpc) is 2.47. The SMILES string of the molecule is C=C(Br)COc1ccsc1C(=O)O. The highest BCUT2D eigenvalue weighted by atomic mass is 79.9. The van der Waals surface area contributed by atoms with E-state index in [1.54, 1.807) is 11.4 Å². The molecule has 0 aliphatic heterocycles. The topological polar surface area (TPSA) is 46.5 Å². The molecule has 0 saturated heterocycles. The van der Waals surface area contributed by atoms with Crippen molar-refractivity contribution >= 4 is 33.2 Å². The van der Waals surface area contributed by atoms with Crippen LogP contribution in [0.25, 0.3) is 0 Å². The zero-order valence-electron chi connectivity index (χ0n) is 6.62. The van der Waals surface area contributed by atoms with Gasteiger partial charge in [0.05, 0.1) is 0 Å². The number of rotatable bonds is 4. The van der Waals surface area contributed by atoms with Crippen LogP contribution in [0.5, 0.6) is 5.75 Å². The van der Waals surface area contributed by atoms with E-state index >= 15 is 0 Å². The molecule has 1 aromatic heterocycles. The van der Waals surface area contributed by atoms with Crippen LogP contribution in [0.3, 0.4) is 0 Å². The molecule has 0 fully saturated rings. The van der Waals surface area contributed by atoms with Crippen LogP contribution in [-0.2, 0) is 0 Å². The normalized spacial score (nSPS) is 9.62. The fraction of sp³-hybridized carbons (Fsp3) is 0.125. The van der Waals surface area contributed by atoms with Gasteiger partial charge in [-0.15, -0.1) is 11.3 Å². The van der Waals surface area contributed by atoms with E-state index in [1.807, 2.05) is 0 Å². The van der Waals surface area contributed by atoms with Gasteiger partial charge in [0.25, 0.3) is 0 Å². The number of hydrogen-bond acceptors (Lipinski definition) is 3. The Bertz CT molecular complexity index is 332. The fourth-order valence-electron chi connectivity index (χ4n) is 0.723. The van der Waals surface area contributed by atoms with Crippen LogP contribution in [0.1, 0.15) is 9.67 Å². The second kappa shape index (κ2) is 4.43. The van der Waals surface area contributed by atoms with Crippen molar-refractivity contribution in [2.24, 2.45) is 0 Å². The quantitative estimate of drug-likeness (QED) is 0.908. The first-order valence-electron chi connectivity index (χ1n) is 3.38. The maximum atomic E-state index is 10.6. The average molecular weight is 263 g/mol. The first-order chi connectivity index (χ1) is 6.11. The molecule has 0 aliphatic carbocycles. The summed E-state index contributed by atoms with van der Waals surface area (Å²) in [6.07, 6.45) is 0. The third-order valence-electron chi connectivity index (χ3n) is 1.21. The summed E-state index contributed by atoms with van der Waals surface area (Å²) in [5, 5.41) is 10.4. The molecular weight excluding hydrogens is 256 g/mol. The minimum absolute atomic E-state index is 0.216. The molecule has 0 spiro atoms. The number of aromatic carboxylic acids is 1. The van der Waals surface area contributed by atoms with E-state index in [1.165, 1.54) is 0 Å². The number of hydrogen-bond donors (Lipinski definition) is 1. The Balaban J connectivity index is 2.71. The lowest BCUT2D eigenvalue weighted by molar-refractivity contribution is 0.0698. The van der Waals surface area contributed by atoms with Gasteiger partial charge in [0, 0.05) is 4.48 Å². The predicted molar refractivity (Wildman–Crippen MR) is 54.8 cm³/mol. The lowest BCUT2D eigenvalue weighted by Crippen LogP contribution is -2.00. The molecule has 5 heteroatoms. The molecule has 1 N–H and O–H groups in total. The number of halogens is 1. The Morgan fingerprint density at radius 3 is 3.00 bits per heavy atom. The molecule has 0 amide bonds. The molecule has 1 aromatic rings. The number of carboxylic acid groups (broad SMARTS) is 1. The van der Waals surface area contributed by atoms with Crippen LogP contribution >= 0.6 is 27.3 Å². The van der Waals surface area contributed by atoms with Crippen LogP contribution < -0.4 is 4.74 Å². The van der Waals surface area contributed by atoms with E-state index in [2.05, 4.69) is 22.5 Å². The molecule has 1 heterocycles. The Morgan fingerprint density at radius 2 is 2.46 bits per heavy atom. The lowest BCUT2D eigenvalue weighted by atomic mass is 10.4. The molecule has 70 valence electrons. The second-order valence-corrected chi connectivity index (χ2v) is 4.26. The summed E-state index contributed by atoms with van der Waals surface area (Å²) < 4.78 is 5.86. The summed E-state index contributed by atoms with van der Waals surface area (Å²) in [6, 6.07) is 1.63. The van der Waals surface area contributed by atoms with E-state index in [0.29, 0.717) is 10.2 Å². The van der Waals surface area contributed by atoms with Crippen LogP contribution in [0, 0.1) is 0 Å². The molecule has 0 unspecified atom stereocenters. The van der Waals surface area contributed by atoms with E-state index in [4.69, 9.17) is 9.84 Å². The van der Waals surface area contributed by atoms with Crippen molar-refractivity contribution in [3.05, 3.63) is 27.4 Å². The molecule has 0 aliphatic rings. The standard InChI is InChI=1S/C8H7BrO3S/c1-5(9)4-12-6-2-3-13-7(6)8(10)11/h2-3H,1,4H2,(H,10,11). The van der Waals surface area contributed by atoms with E-state index in [0.717, 1.165) is 11.3 Å². The molecule has 0 bridgehead atoms. The summed E-state index contributed by atoms with van der Waals surface area (Å²) in [5.74, 6) is -0.580.